The van der Waals surface area contributed by atoms with Gasteiger partial charge < -0.3 is 4.90 Å². The molecule has 0 aliphatic carbocycles. The zero-order chi connectivity index (χ0) is 22.3. The lowest BCUT2D eigenvalue weighted by Crippen LogP contribution is -2.35. The number of rotatable bonds is 3. The van der Waals surface area contributed by atoms with E-state index in [2.05, 4.69) is 11.2 Å². The molecule has 32 heavy (non-hydrogen) atoms. The minimum atomic E-state index is -4.54. The highest BCUT2D eigenvalue weighted by Crippen LogP contribution is 2.34. The third kappa shape index (κ3) is 3.82. The van der Waals surface area contributed by atoms with Gasteiger partial charge in [0, 0.05) is 18.7 Å². The molecule has 0 radical (unpaired) electrons. The second-order valence-electron chi connectivity index (χ2n) is 7.59. The largest absolute Gasteiger partial charge is 0.435 e. The molecule has 0 saturated heterocycles. The van der Waals surface area contributed by atoms with Crippen molar-refractivity contribution >= 4 is 17.2 Å². The molecule has 4 aromatic rings. The number of carbonyl (C=O) groups excluding carboxylic acids is 1. The third-order valence-corrected chi connectivity index (χ3v) is 6.44. The Balaban J connectivity index is 1.43. The molecule has 0 saturated carbocycles. The van der Waals surface area contributed by atoms with Gasteiger partial charge >= 0.3 is 6.18 Å². The topological polar surface area (TPSA) is 38.1 Å². The highest BCUT2D eigenvalue weighted by atomic mass is 32.1. The SMILES string of the molecule is O=C(c1ccc(-n2nc(C(F)(F)F)cc2-c2cccs2)cc1)N1CCc2ccccc2C1. The van der Waals surface area contributed by atoms with Crippen molar-refractivity contribution in [2.75, 3.05) is 6.54 Å². The van der Waals surface area contributed by atoms with E-state index in [1.165, 1.54) is 21.6 Å². The number of thiophene rings is 1. The van der Waals surface area contributed by atoms with Crippen molar-refractivity contribution < 1.29 is 18.0 Å². The predicted octanol–water partition coefficient (Wildman–Crippen LogP) is 5.82. The van der Waals surface area contributed by atoms with E-state index >= 15 is 0 Å². The van der Waals surface area contributed by atoms with Crippen LogP contribution in [-0.4, -0.2) is 27.1 Å². The van der Waals surface area contributed by atoms with E-state index in [-0.39, 0.29) is 5.91 Å². The van der Waals surface area contributed by atoms with Gasteiger partial charge in [0.25, 0.3) is 5.91 Å². The highest BCUT2D eigenvalue weighted by Gasteiger charge is 2.35. The molecule has 1 aliphatic rings. The lowest BCUT2D eigenvalue weighted by molar-refractivity contribution is -0.141. The van der Waals surface area contributed by atoms with Gasteiger partial charge in [-0.2, -0.15) is 18.3 Å². The lowest BCUT2D eigenvalue weighted by Gasteiger charge is -2.29. The number of hydrogen-bond acceptors (Lipinski definition) is 3. The minimum Gasteiger partial charge on any atom is -0.334 e. The predicted molar refractivity (Wildman–Crippen MR) is 117 cm³/mol. The molecule has 0 N–H and O–H groups in total. The number of nitrogens with zero attached hydrogens (tertiary/aromatic N) is 3. The normalized spacial score (nSPS) is 13.8. The first-order valence-corrected chi connectivity index (χ1v) is 11.0. The van der Waals surface area contributed by atoms with Crippen molar-refractivity contribution in [3.63, 3.8) is 0 Å². The maximum atomic E-state index is 13.3. The van der Waals surface area contributed by atoms with Gasteiger partial charge in [0.1, 0.15) is 0 Å². The van der Waals surface area contributed by atoms with Crippen molar-refractivity contribution in [2.24, 2.45) is 0 Å². The van der Waals surface area contributed by atoms with Crippen LogP contribution in [0.15, 0.2) is 72.1 Å². The quantitative estimate of drug-likeness (QED) is 0.392. The Morgan fingerprint density at radius 1 is 0.969 bits per heavy atom. The van der Waals surface area contributed by atoms with E-state index in [1.54, 1.807) is 46.7 Å². The molecular weight excluding hydrogens is 435 g/mol. The first-order valence-electron chi connectivity index (χ1n) is 10.1. The van der Waals surface area contributed by atoms with Crippen LogP contribution >= 0.6 is 11.3 Å². The van der Waals surface area contributed by atoms with Crippen LogP contribution in [0.5, 0.6) is 0 Å². The fourth-order valence-corrected chi connectivity index (χ4v) is 4.64. The number of benzene rings is 2. The van der Waals surface area contributed by atoms with E-state index in [0.29, 0.717) is 34.9 Å². The molecule has 2 aromatic carbocycles. The standard InChI is InChI=1S/C24H18F3N3OS/c25-24(26,27)22-14-20(21-6-3-13-32-21)30(28-22)19-9-7-17(8-10-19)23(31)29-12-11-16-4-1-2-5-18(16)15-29/h1-10,13-14H,11-12,15H2. The van der Waals surface area contributed by atoms with Crippen LogP contribution in [0.3, 0.4) is 0 Å². The number of hydrogen-bond donors (Lipinski definition) is 0. The Labute approximate surface area is 186 Å². The fraction of sp³-hybridized carbons (Fsp3) is 0.167. The number of alkyl halides is 3. The number of halogens is 3. The monoisotopic (exact) mass is 453 g/mol. The minimum absolute atomic E-state index is 0.0963. The summed E-state index contributed by atoms with van der Waals surface area (Å²) >= 11 is 1.34. The van der Waals surface area contributed by atoms with E-state index in [4.69, 9.17) is 0 Å². The number of fused-ring (bicyclic) bond motifs is 1. The van der Waals surface area contributed by atoms with Crippen LogP contribution in [0.25, 0.3) is 16.3 Å². The van der Waals surface area contributed by atoms with E-state index in [9.17, 15) is 18.0 Å². The molecule has 162 valence electrons. The second kappa shape index (κ2) is 7.94. The van der Waals surface area contributed by atoms with Crippen molar-refractivity contribution in [3.8, 4) is 16.3 Å². The Morgan fingerprint density at radius 2 is 1.72 bits per heavy atom. The van der Waals surface area contributed by atoms with Gasteiger partial charge in [-0.05, 0) is 59.3 Å². The summed E-state index contributed by atoms with van der Waals surface area (Å²) in [6, 6.07) is 19.2. The summed E-state index contributed by atoms with van der Waals surface area (Å²) in [5.41, 5.74) is 2.76. The van der Waals surface area contributed by atoms with Gasteiger partial charge in [0.05, 0.1) is 16.3 Å². The highest BCUT2D eigenvalue weighted by molar-refractivity contribution is 7.13. The summed E-state index contributed by atoms with van der Waals surface area (Å²) in [5.74, 6) is -0.0963. The van der Waals surface area contributed by atoms with Crippen molar-refractivity contribution in [1.29, 1.82) is 0 Å². The van der Waals surface area contributed by atoms with E-state index in [1.807, 2.05) is 18.2 Å². The molecule has 4 nitrogen and oxygen atoms in total. The first-order chi connectivity index (χ1) is 15.4. The van der Waals surface area contributed by atoms with Crippen LogP contribution < -0.4 is 0 Å². The van der Waals surface area contributed by atoms with Crippen LogP contribution in [0.2, 0.25) is 0 Å². The summed E-state index contributed by atoms with van der Waals surface area (Å²) in [7, 11) is 0. The van der Waals surface area contributed by atoms with Crippen LogP contribution in [0.1, 0.15) is 27.2 Å². The molecule has 0 unspecified atom stereocenters. The molecule has 0 bridgehead atoms. The van der Waals surface area contributed by atoms with Gasteiger partial charge in [0.15, 0.2) is 5.69 Å². The Morgan fingerprint density at radius 3 is 2.41 bits per heavy atom. The van der Waals surface area contributed by atoms with Gasteiger partial charge in [0.2, 0.25) is 0 Å². The van der Waals surface area contributed by atoms with Crippen LogP contribution in [0, 0.1) is 0 Å². The van der Waals surface area contributed by atoms with Crippen molar-refractivity contribution in [1.82, 2.24) is 14.7 Å². The maximum Gasteiger partial charge on any atom is 0.435 e. The Hall–Kier alpha value is -3.39. The smallest absolute Gasteiger partial charge is 0.334 e. The van der Waals surface area contributed by atoms with Gasteiger partial charge in [-0.1, -0.05) is 30.3 Å². The zero-order valence-electron chi connectivity index (χ0n) is 16.8. The summed E-state index contributed by atoms with van der Waals surface area (Å²) in [5, 5.41) is 5.60. The Bertz CT molecular complexity index is 1260. The third-order valence-electron chi connectivity index (χ3n) is 5.55. The van der Waals surface area contributed by atoms with Crippen LogP contribution in [-0.2, 0) is 19.1 Å². The molecule has 1 aliphatic heterocycles. The molecular formula is C24H18F3N3OS. The summed E-state index contributed by atoms with van der Waals surface area (Å²) < 4.78 is 41.2. The molecule has 2 aromatic heterocycles. The average Bonchev–Trinajstić information content (AvgIpc) is 3.48. The fourth-order valence-electron chi connectivity index (χ4n) is 3.91. The zero-order valence-corrected chi connectivity index (χ0v) is 17.7. The van der Waals surface area contributed by atoms with Gasteiger partial charge in [-0.15, -0.1) is 11.3 Å². The number of carbonyl (C=O) groups is 1. The van der Waals surface area contributed by atoms with E-state index in [0.717, 1.165) is 18.1 Å². The lowest BCUT2D eigenvalue weighted by atomic mass is 9.99. The average molecular weight is 453 g/mol. The molecule has 5 rings (SSSR count). The molecule has 0 atom stereocenters. The maximum absolute atomic E-state index is 13.3. The summed E-state index contributed by atoms with van der Waals surface area (Å²) in [6.07, 6.45) is -3.74. The molecule has 0 spiro atoms. The van der Waals surface area contributed by atoms with Crippen molar-refractivity contribution in [3.05, 3.63) is 94.5 Å². The Kier molecular flexibility index (Phi) is 5.09. The first kappa shape index (κ1) is 20.5. The summed E-state index contributed by atoms with van der Waals surface area (Å²) in [4.78, 5) is 15.5. The second-order valence-corrected chi connectivity index (χ2v) is 8.54. The molecule has 1 amide bonds. The summed E-state index contributed by atoms with van der Waals surface area (Å²) in [6.45, 7) is 1.18. The molecule has 0 fully saturated rings. The van der Waals surface area contributed by atoms with Gasteiger partial charge in [-0.3, -0.25) is 4.79 Å². The molecule has 8 heteroatoms. The van der Waals surface area contributed by atoms with E-state index < -0.39 is 11.9 Å². The number of aromatic nitrogens is 2. The molecule has 3 heterocycles. The van der Waals surface area contributed by atoms with Gasteiger partial charge in [-0.25, -0.2) is 4.68 Å². The number of amides is 1. The van der Waals surface area contributed by atoms with Crippen molar-refractivity contribution in [2.45, 2.75) is 19.1 Å². The van der Waals surface area contributed by atoms with Crippen LogP contribution in [0.4, 0.5) is 13.2 Å².